The maximum atomic E-state index is 13.6. The fourth-order valence-corrected chi connectivity index (χ4v) is 3.26. The summed E-state index contributed by atoms with van der Waals surface area (Å²) in [6.07, 6.45) is 4.23. The van der Waals surface area contributed by atoms with E-state index < -0.39 is 23.4 Å². The lowest BCUT2D eigenvalue weighted by Crippen LogP contribution is -2.39. The molecule has 0 bridgehead atoms. The van der Waals surface area contributed by atoms with Crippen molar-refractivity contribution in [3.05, 3.63) is 53.9 Å². The van der Waals surface area contributed by atoms with Crippen LogP contribution >= 0.6 is 0 Å². The van der Waals surface area contributed by atoms with Crippen molar-refractivity contribution in [2.24, 2.45) is 7.05 Å². The van der Waals surface area contributed by atoms with Gasteiger partial charge in [-0.15, -0.1) is 0 Å². The quantitative estimate of drug-likeness (QED) is 0.871. The largest absolute Gasteiger partial charge is 0.353 e. The van der Waals surface area contributed by atoms with Gasteiger partial charge >= 0.3 is 6.03 Å². The summed E-state index contributed by atoms with van der Waals surface area (Å²) < 4.78 is 29.3. The van der Waals surface area contributed by atoms with Gasteiger partial charge in [-0.3, -0.25) is 4.90 Å². The number of hydrogen-bond donors (Lipinski definition) is 2. The highest BCUT2D eigenvalue weighted by Crippen LogP contribution is 2.25. The Balaban J connectivity index is 1.66. The minimum Gasteiger partial charge on any atom is -0.353 e. The second kappa shape index (κ2) is 7.65. The number of likely N-dealkylation sites (tertiary alicyclic amines) is 1. The zero-order valence-electron chi connectivity index (χ0n) is 14.1. The van der Waals surface area contributed by atoms with Gasteiger partial charge in [0, 0.05) is 25.5 Å². The van der Waals surface area contributed by atoms with Gasteiger partial charge in [0.05, 0.1) is 6.04 Å². The molecule has 0 saturated carbocycles. The number of halogens is 2. The highest BCUT2D eigenvalue weighted by molar-refractivity contribution is 5.89. The van der Waals surface area contributed by atoms with Gasteiger partial charge in [0.1, 0.15) is 17.3 Å². The van der Waals surface area contributed by atoms with Gasteiger partial charge in [-0.1, -0.05) is 6.07 Å². The van der Waals surface area contributed by atoms with Gasteiger partial charge in [0.25, 0.3) is 0 Å². The molecule has 0 aliphatic carbocycles. The third kappa shape index (κ3) is 3.99. The van der Waals surface area contributed by atoms with E-state index in [2.05, 4.69) is 15.5 Å². The highest BCUT2D eigenvalue weighted by atomic mass is 19.1. The van der Waals surface area contributed by atoms with E-state index in [9.17, 15) is 13.6 Å². The van der Waals surface area contributed by atoms with Crippen LogP contribution in [0.2, 0.25) is 0 Å². The molecule has 1 aromatic heterocycles. The number of benzene rings is 1. The van der Waals surface area contributed by atoms with Gasteiger partial charge in [0.2, 0.25) is 0 Å². The standard InChI is InChI=1S/C18H22F2N4O/c1-23-9-5-8-15(23)16(24-10-2-3-11-24)12-21-18(25)22-17-13(19)6-4-7-14(17)20/h4-9,16H,2-3,10-12H2,1H3,(H2,21,22,25). The molecule has 25 heavy (non-hydrogen) atoms. The number of amides is 2. The molecule has 0 radical (unpaired) electrons. The van der Waals surface area contributed by atoms with E-state index in [1.165, 1.54) is 6.07 Å². The van der Waals surface area contributed by atoms with E-state index in [4.69, 9.17) is 0 Å². The van der Waals surface area contributed by atoms with Crippen molar-refractivity contribution in [3.63, 3.8) is 0 Å². The molecule has 1 aliphatic rings. The Kier molecular flexibility index (Phi) is 5.33. The SMILES string of the molecule is Cn1cccc1C(CNC(=O)Nc1c(F)cccc1F)N1CCCC1. The molecule has 1 aliphatic heterocycles. The number of anilines is 1. The number of rotatable bonds is 5. The molecule has 2 N–H and O–H groups in total. The molecule has 134 valence electrons. The van der Waals surface area contributed by atoms with Gasteiger partial charge in [-0.05, 0) is 50.2 Å². The molecule has 2 aromatic rings. The van der Waals surface area contributed by atoms with E-state index >= 15 is 0 Å². The van der Waals surface area contributed by atoms with Crippen LogP contribution < -0.4 is 10.6 Å². The first kappa shape index (κ1) is 17.4. The molecule has 5 nitrogen and oxygen atoms in total. The summed E-state index contributed by atoms with van der Waals surface area (Å²) in [5, 5.41) is 5.00. The van der Waals surface area contributed by atoms with Crippen molar-refractivity contribution in [3.8, 4) is 0 Å². The Bertz CT molecular complexity index is 720. The molecule has 1 aromatic carbocycles. The van der Waals surface area contributed by atoms with Crippen molar-refractivity contribution in [1.82, 2.24) is 14.8 Å². The molecule has 7 heteroatoms. The van der Waals surface area contributed by atoms with Crippen LogP contribution in [-0.2, 0) is 7.05 Å². The number of urea groups is 1. The number of nitrogens with one attached hydrogen (secondary N) is 2. The fourth-order valence-electron chi connectivity index (χ4n) is 3.26. The first-order valence-corrected chi connectivity index (χ1v) is 8.40. The predicted molar refractivity (Wildman–Crippen MR) is 92.3 cm³/mol. The van der Waals surface area contributed by atoms with Crippen LogP contribution in [0.25, 0.3) is 0 Å². The van der Waals surface area contributed by atoms with Crippen LogP contribution in [-0.4, -0.2) is 35.1 Å². The molecule has 1 fully saturated rings. The monoisotopic (exact) mass is 348 g/mol. The average molecular weight is 348 g/mol. The zero-order valence-corrected chi connectivity index (χ0v) is 14.1. The van der Waals surface area contributed by atoms with E-state index in [-0.39, 0.29) is 6.04 Å². The number of carbonyl (C=O) groups is 1. The van der Waals surface area contributed by atoms with Crippen LogP contribution in [0.4, 0.5) is 19.3 Å². The van der Waals surface area contributed by atoms with Crippen molar-refractivity contribution in [2.75, 3.05) is 25.0 Å². The van der Waals surface area contributed by atoms with E-state index in [0.29, 0.717) is 6.54 Å². The zero-order chi connectivity index (χ0) is 17.8. The van der Waals surface area contributed by atoms with Gasteiger partial charge < -0.3 is 15.2 Å². The normalized spacial score (nSPS) is 16.0. The van der Waals surface area contributed by atoms with Gasteiger partial charge in [-0.25, -0.2) is 13.6 Å². The predicted octanol–water partition coefficient (Wildman–Crippen LogP) is 3.26. The molecule has 0 spiro atoms. The minimum atomic E-state index is -0.798. The summed E-state index contributed by atoms with van der Waals surface area (Å²) >= 11 is 0. The number of para-hydroxylation sites is 1. The fraction of sp³-hybridized carbons (Fsp3) is 0.389. The summed E-state index contributed by atoms with van der Waals surface area (Å²) in [4.78, 5) is 14.4. The smallest absolute Gasteiger partial charge is 0.319 e. The highest BCUT2D eigenvalue weighted by Gasteiger charge is 2.25. The number of carbonyl (C=O) groups excluding carboxylic acids is 1. The van der Waals surface area contributed by atoms with E-state index in [1.807, 2.05) is 29.9 Å². The van der Waals surface area contributed by atoms with Crippen LogP contribution in [0.5, 0.6) is 0 Å². The Hall–Kier alpha value is -2.41. The lowest BCUT2D eigenvalue weighted by molar-refractivity contribution is 0.222. The first-order valence-electron chi connectivity index (χ1n) is 8.40. The molecular weight excluding hydrogens is 326 g/mol. The van der Waals surface area contributed by atoms with Crippen molar-refractivity contribution in [2.45, 2.75) is 18.9 Å². The molecule has 2 heterocycles. The Morgan fingerprint density at radius 3 is 2.44 bits per heavy atom. The van der Waals surface area contributed by atoms with Crippen LogP contribution in [0.15, 0.2) is 36.5 Å². The second-order valence-electron chi connectivity index (χ2n) is 6.23. The third-order valence-corrected chi connectivity index (χ3v) is 4.56. The van der Waals surface area contributed by atoms with Crippen LogP contribution in [0.1, 0.15) is 24.6 Å². The molecule has 1 unspecified atom stereocenters. The topological polar surface area (TPSA) is 49.3 Å². The van der Waals surface area contributed by atoms with Crippen molar-refractivity contribution < 1.29 is 13.6 Å². The first-order chi connectivity index (χ1) is 12.1. The number of aryl methyl sites for hydroxylation is 1. The van der Waals surface area contributed by atoms with Gasteiger partial charge in [-0.2, -0.15) is 0 Å². The minimum absolute atomic E-state index is 0.0266. The summed E-state index contributed by atoms with van der Waals surface area (Å²) in [5.41, 5.74) is 0.663. The maximum absolute atomic E-state index is 13.6. The average Bonchev–Trinajstić information content (AvgIpc) is 3.24. The van der Waals surface area contributed by atoms with Gasteiger partial charge in [0.15, 0.2) is 0 Å². The summed E-state index contributed by atoms with van der Waals surface area (Å²) in [5.74, 6) is -1.60. The van der Waals surface area contributed by atoms with E-state index in [1.54, 1.807) is 0 Å². The van der Waals surface area contributed by atoms with Crippen LogP contribution in [0.3, 0.4) is 0 Å². The second-order valence-corrected chi connectivity index (χ2v) is 6.23. The molecule has 2 amide bonds. The molecule has 1 saturated heterocycles. The summed E-state index contributed by atoms with van der Waals surface area (Å²) in [7, 11) is 1.97. The summed E-state index contributed by atoms with van der Waals surface area (Å²) in [6.45, 7) is 2.31. The van der Waals surface area contributed by atoms with E-state index in [0.717, 1.165) is 43.8 Å². The summed E-state index contributed by atoms with van der Waals surface area (Å²) in [6, 6.07) is 6.87. The number of aromatic nitrogens is 1. The molecule has 1 atom stereocenters. The third-order valence-electron chi connectivity index (χ3n) is 4.56. The lowest BCUT2D eigenvalue weighted by Gasteiger charge is -2.28. The van der Waals surface area contributed by atoms with Crippen LogP contribution in [0, 0.1) is 11.6 Å². The Labute approximate surface area is 145 Å². The number of hydrogen-bond acceptors (Lipinski definition) is 2. The Morgan fingerprint density at radius 1 is 1.16 bits per heavy atom. The van der Waals surface area contributed by atoms with Crippen molar-refractivity contribution >= 4 is 11.7 Å². The Morgan fingerprint density at radius 2 is 1.84 bits per heavy atom. The molecular formula is C18H22F2N4O. The molecule has 3 rings (SSSR count). The van der Waals surface area contributed by atoms with Crippen molar-refractivity contribution in [1.29, 1.82) is 0 Å². The lowest BCUT2D eigenvalue weighted by atomic mass is 10.1. The number of nitrogens with zero attached hydrogens (tertiary/aromatic N) is 2. The maximum Gasteiger partial charge on any atom is 0.319 e.